The van der Waals surface area contributed by atoms with Crippen LogP contribution in [0.1, 0.15) is 27.2 Å². The second kappa shape index (κ2) is 7.95. The van der Waals surface area contributed by atoms with E-state index in [1.807, 2.05) is 32.7 Å². The fourth-order valence-corrected chi connectivity index (χ4v) is 2.59. The first-order valence-corrected chi connectivity index (χ1v) is 8.78. The van der Waals surface area contributed by atoms with Crippen LogP contribution in [0.5, 0.6) is 0 Å². The van der Waals surface area contributed by atoms with Gasteiger partial charge in [0.15, 0.2) is 0 Å². The zero-order chi connectivity index (χ0) is 16.0. The van der Waals surface area contributed by atoms with E-state index in [-0.39, 0.29) is 17.8 Å². The number of sulfone groups is 1. The minimum Gasteiger partial charge on any atom is -0.468 e. The Bertz CT molecular complexity index is 409. The molecular weight excluding hydrogens is 280 g/mol. The second-order valence-corrected chi connectivity index (χ2v) is 8.07. The lowest BCUT2D eigenvalue weighted by atomic mass is 9.96. The molecule has 1 N–H and O–H groups in total. The summed E-state index contributed by atoms with van der Waals surface area (Å²) >= 11 is 0. The molecule has 0 saturated carbocycles. The van der Waals surface area contributed by atoms with Crippen molar-refractivity contribution in [3.63, 3.8) is 0 Å². The Labute approximate surface area is 122 Å². The predicted octanol–water partition coefficient (Wildman–Crippen LogP) is 0.283. The van der Waals surface area contributed by atoms with Gasteiger partial charge in [-0.05, 0) is 34.2 Å². The minimum atomic E-state index is -2.96. The summed E-state index contributed by atoms with van der Waals surface area (Å²) in [5.41, 5.74) is -0.762. The maximum Gasteiger partial charge on any atom is 0.325 e. The largest absolute Gasteiger partial charge is 0.468 e. The van der Waals surface area contributed by atoms with E-state index in [2.05, 4.69) is 5.32 Å². The number of nitrogens with zero attached hydrogens (tertiary/aromatic N) is 1. The van der Waals surface area contributed by atoms with Crippen LogP contribution in [0, 0.1) is 0 Å². The van der Waals surface area contributed by atoms with E-state index < -0.39 is 15.4 Å². The van der Waals surface area contributed by atoms with Gasteiger partial charge in [0.05, 0.1) is 12.9 Å². The molecule has 0 spiro atoms. The molecule has 0 heterocycles. The standard InChI is InChI=1S/C13H28N2O4S/c1-11(2)14-13(3,12(16)19-5)7-8-15(4)9-10-20(6,17)18/h11,14H,7-10H2,1-6H3. The van der Waals surface area contributed by atoms with Crippen LogP contribution in [0.25, 0.3) is 0 Å². The first-order chi connectivity index (χ1) is 9.00. The smallest absolute Gasteiger partial charge is 0.325 e. The molecule has 0 rings (SSSR count). The molecule has 0 aromatic rings. The van der Waals surface area contributed by atoms with Crippen LogP contribution in [0.2, 0.25) is 0 Å². The molecule has 0 aliphatic rings. The summed E-state index contributed by atoms with van der Waals surface area (Å²) < 4.78 is 27.1. The Morgan fingerprint density at radius 3 is 2.30 bits per heavy atom. The van der Waals surface area contributed by atoms with Gasteiger partial charge in [0.2, 0.25) is 0 Å². The van der Waals surface area contributed by atoms with Crippen molar-refractivity contribution in [2.75, 3.05) is 39.3 Å². The summed E-state index contributed by atoms with van der Waals surface area (Å²) in [5.74, 6) is -0.182. The van der Waals surface area contributed by atoms with Gasteiger partial charge in [-0.25, -0.2) is 8.42 Å². The van der Waals surface area contributed by atoms with Gasteiger partial charge in [0.25, 0.3) is 0 Å². The highest BCUT2D eigenvalue weighted by atomic mass is 32.2. The summed E-state index contributed by atoms with van der Waals surface area (Å²) in [4.78, 5) is 13.8. The third-order valence-electron chi connectivity index (χ3n) is 3.08. The quantitative estimate of drug-likeness (QED) is 0.617. The van der Waals surface area contributed by atoms with Crippen molar-refractivity contribution in [1.29, 1.82) is 0 Å². The van der Waals surface area contributed by atoms with Crippen LogP contribution in [-0.4, -0.2) is 70.1 Å². The molecule has 0 saturated heterocycles. The molecule has 0 radical (unpaired) electrons. The van der Waals surface area contributed by atoms with Crippen molar-refractivity contribution >= 4 is 15.8 Å². The average Bonchev–Trinajstić information content (AvgIpc) is 2.31. The first kappa shape index (κ1) is 19.3. The first-order valence-electron chi connectivity index (χ1n) is 6.72. The number of carbonyl (C=O) groups excluding carboxylic acids is 1. The molecule has 120 valence electrons. The average molecular weight is 308 g/mol. The molecule has 7 heteroatoms. The molecular formula is C13H28N2O4S. The Balaban J connectivity index is 4.50. The van der Waals surface area contributed by atoms with E-state index in [1.54, 1.807) is 0 Å². The molecule has 0 amide bonds. The van der Waals surface area contributed by atoms with Crippen molar-refractivity contribution in [2.24, 2.45) is 0 Å². The molecule has 20 heavy (non-hydrogen) atoms. The van der Waals surface area contributed by atoms with Crippen molar-refractivity contribution in [3.8, 4) is 0 Å². The summed E-state index contributed by atoms with van der Waals surface area (Å²) in [6.07, 6.45) is 1.78. The van der Waals surface area contributed by atoms with E-state index in [0.29, 0.717) is 19.5 Å². The maximum absolute atomic E-state index is 11.9. The van der Waals surface area contributed by atoms with E-state index in [0.717, 1.165) is 0 Å². The number of hydrogen-bond donors (Lipinski definition) is 1. The molecule has 0 aliphatic carbocycles. The van der Waals surface area contributed by atoms with Gasteiger partial charge in [0.1, 0.15) is 15.4 Å². The molecule has 0 aromatic carbocycles. The van der Waals surface area contributed by atoms with Gasteiger partial charge in [-0.2, -0.15) is 0 Å². The SMILES string of the molecule is COC(=O)C(C)(CCN(C)CCS(C)(=O)=O)NC(C)C. The lowest BCUT2D eigenvalue weighted by Crippen LogP contribution is -2.54. The Hall–Kier alpha value is -0.660. The van der Waals surface area contributed by atoms with Crippen LogP contribution in [0.4, 0.5) is 0 Å². The summed E-state index contributed by atoms with van der Waals surface area (Å²) in [6, 6.07) is 0.153. The van der Waals surface area contributed by atoms with Gasteiger partial charge in [-0.15, -0.1) is 0 Å². The number of hydrogen-bond acceptors (Lipinski definition) is 6. The van der Waals surface area contributed by atoms with Crippen LogP contribution < -0.4 is 5.32 Å². The number of methoxy groups -OCH3 is 1. The van der Waals surface area contributed by atoms with E-state index >= 15 is 0 Å². The highest BCUT2D eigenvalue weighted by Gasteiger charge is 2.34. The fourth-order valence-electron chi connectivity index (χ4n) is 1.94. The topological polar surface area (TPSA) is 75.7 Å². The predicted molar refractivity (Wildman–Crippen MR) is 80.5 cm³/mol. The van der Waals surface area contributed by atoms with Gasteiger partial charge >= 0.3 is 5.97 Å². The normalized spacial score (nSPS) is 15.4. The molecule has 1 atom stereocenters. The lowest BCUT2D eigenvalue weighted by Gasteiger charge is -2.31. The second-order valence-electron chi connectivity index (χ2n) is 5.81. The van der Waals surface area contributed by atoms with E-state index in [4.69, 9.17) is 4.74 Å². The number of esters is 1. The summed E-state index contributed by atoms with van der Waals surface area (Å²) in [6.45, 7) is 6.81. The van der Waals surface area contributed by atoms with Crippen molar-refractivity contribution in [1.82, 2.24) is 10.2 Å². The van der Waals surface area contributed by atoms with Gasteiger partial charge < -0.3 is 9.64 Å². The van der Waals surface area contributed by atoms with Crippen LogP contribution in [-0.2, 0) is 19.4 Å². The zero-order valence-corrected chi connectivity index (χ0v) is 14.2. The molecule has 0 aliphatic heterocycles. The Morgan fingerprint density at radius 2 is 1.90 bits per heavy atom. The zero-order valence-electron chi connectivity index (χ0n) is 13.4. The van der Waals surface area contributed by atoms with Crippen LogP contribution in [0.15, 0.2) is 0 Å². The van der Waals surface area contributed by atoms with Crippen LogP contribution in [0.3, 0.4) is 0 Å². The number of rotatable bonds is 9. The molecule has 0 fully saturated rings. The monoisotopic (exact) mass is 308 g/mol. The number of carbonyl (C=O) groups is 1. The van der Waals surface area contributed by atoms with Crippen molar-refractivity contribution in [2.45, 2.75) is 38.8 Å². The highest BCUT2D eigenvalue weighted by molar-refractivity contribution is 7.90. The third kappa shape index (κ3) is 7.81. The number of nitrogens with one attached hydrogen (secondary N) is 1. The fraction of sp³-hybridized carbons (Fsp3) is 0.923. The van der Waals surface area contributed by atoms with Crippen molar-refractivity contribution < 1.29 is 17.9 Å². The molecule has 0 bridgehead atoms. The minimum absolute atomic E-state index is 0.121. The maximum atomic E-state index is 11.9. The molecule has 0 aromatic heterocycles. The van der Waals surface area contributed by atoms with Crippen LogP contribution >= 0.6 is 0 Å². The third-order valence-corrected chi connectivity index (χ3v) is 4.00. The van der Waals surface area contributed by atoms with E-state index in [9.17, 15) is 13.2 Å². The summed E-state index contributed by atoms with van der Waals surface area (Å²) in [7, 11) is 0.255. The Morgan fingerprint density at radius 1 is 1.35 bits per heavy atom. The summed E-state index contributed by atoms with van der Waals surface area (Å²) in [5, 5.41) is 3.22. The Kier molecular flexibility index (Phi) is 7.69. The van der Waals surface area contributed by atoms with Gasteiger partial charge in [0, 0.05) is 25.4 Å². The lowest BCUT2D eigenvalue weighted by molar-refractivity contribution is -0.148. The number of ether oxygens (including phenoxy) is 1. The molecule has 6 nitrogen and oxygen atoms in total. The van der Waals surface area contributed by atoms with Crippen molar-refractivity contribution in [3.05, 3.63) is 0 Å². The van der Waals surface area contributed by atoms with Gasteiger partial charge in [-0.3, -0.25) is 10.1 Å². The molecule has 1 unspecified atom stereocenters. The van der Waals surface area contributed by atoms with Gasteiger partial charge in [-0.1, -0.05) is 0 Å². The van der Waals surface area contributed by atoms with E-state index in [1.165, 1.54) is 13.4 Å². The highest BCUT2D eigenvalue weighted by Crippen LogP contribution is 2.14.